The Morgan fingerprint density at radius 2 is 2.06 bits per heavy atom. The van der Waals surface area contributed by atoms with E-state index >= 15 is 0 Å². The molecule has 188 valence electrons. The van der Waals surface area contributed by atoms with Crippen LogP contribution in [0.4, 0.5) is 27.6 Å². The van der Waals surface area contributed by atoms with Crippen molar-refractivity contribution in [3.63, 3.8) is 0 Å². The van der Waals surface area contributed by atoms with E-state index in [-0.39, 0.29) is 33.8 Å². The number of amides is 1. The number of aliphatic imine (C=N–C) groups is 1. The number of anilines is 1. The van der Waals surface area contributed by atoms with Crippen LogP contribution in [-0.2, 0) is 10.3 Å². The fraction of sp³-hybridized carbons (Fsp3) is 0.409. The smallest absolute Gasteiger partial charge is 0.422 e. The van der Waals surface area contributed by atoms with E-state index in [2.05, 4.69) is 20.0 Å². The summed E-state index contributed by atoms with van der Waals surface area (Å²) in [4.78, 5) is 20.8. The van der Waals surface area contributed by atoms with Crippen molar-refractivity contribution in [1.29, 1.82) is 0 Å². The average molecular weight is 516 g/mol. The summed E-state index contributed by atoms with van der Waals surface area (Å²) < 4.78 is 75.8. The van der Waals surface area contributed by atoms with E-state index < -0.39 is 40.6 Å². The van der Waals surface area contributed by atoms with E-state index in [1.54, 1.807) is 14.0 Å². The number of fused-ring (bicyclic) bond motifs is 1. The number of hydrogen-bond acceptors (Lipinski definition) is 7. The van der Waals surface area contributed by atoms with E-state index in [9.17, 15) is 26.7 Å². The molecule has 2 aliphatic rings. The molecule has 7 nitrogen and oxygen atoms in total. The summed E-state index contributed by atoms with van der Waals surface area (Å²) in [5.41, 5.74) is 4.55. The Morgan fingerprint density at radius 3 is 2.69 bits per heavy atom. The number of amidine groups is 1. The summed E-state index contributed by atoms with van der Waals surface area (Å²) in [5.74, 6) is -3.42. The number of nitrogens with two attached hydrogens (primary N) is 1. The fourth-order valence-electron chi connectivity index (χ4n) is 4.32. The number of carbonyl (C=O) groups is 1. The number of alkyl halides is 3. The molecule has 1 aliphatic heterocycles. The van der Waals surface area contributed by atoms with Gasteiger partial charge in [-0.1, -0.05) is 11.8 Å². The maximum Gasteiger partial charge on any atom is 0.422 e. The van der Waals surface area contributed by atoms with Crippen LogP contribution in [-0.4, -0.2) is 47.3 Å². The Bertz CT molecular complexity index is 1180. The number of pyridine rings is 1. The molecule has 0 spiro atoms. The van der Waals surface area contributed by atoms with E-state index in [4.69, 9.17) is 10.5 Å². The molecule has 1 aliphatic carbocycles. The van der Waals surface area contributed by atoms with Crippen LogP contribution in [0.25, 0.3) is 0 Å². The largest absolute Gasteiger partial charge is 0.483 e. The molecule has 0 unspecified atom stereocenters. The van der Waals surface area contributed by atoms with Crippen LogP contribution in [0.2, 0.25) is 0 Å². The zero-order chi connectivity index (χ0) is 25.6. The summed E-state index contributed by atoms with van der Waals surface area (Å²) in [7, 11) is 1.55. The standard InChI is InChI=1S/C22H21F5N4O3S/c1-20(16-7-21(16,9-33-2)35-19(28)31-20)13-5-11(6-14(23)17(13)24)30-18(32)15-4-3-12(8-29-15)34-10-22(25,26)27/h3-6,8,16H,7,9-10H2,1-2H3,(H2,28,31)(H,30,32)/t16-,20+,21+/m0/s1. The third-order valence-corrected chi connectivity index (χ3v) is 7.22. The quantitative estimate of drug-likeness (QED) is 0.535. The summed E-state index contributed by atoms with van der Waals surface area (Å²) in [6.45, 7) is 0.518. The molecular formula is C22H21F5N4O3S. The number of nitrogens with one attached hydrogen (secondary N) is 1. The van der Waals surface area contributed by atoms with Crippen LogP contribution >= 0.6 is 11.8 Å². The third-order valence-electron chi connectivity index (χ3n) is 5.94. The van der Waals surface area contributed by atoms with E-state index in [1.165, 1.54) is 17.8 Å². The highest BCUT2D eigenvalue weighted by molar-refractivity contribution is 8.15. The third kappa shape index (κ3) is 5.06. The van der Waals surface area contributed by atoms with Gasteiger partial charge >= 0.3 is 6.18 Å². The average Bonchev–Trinajstić information content (AvgIpc) is 3.49. The van der Waals surface area contributed by atoms with Gasteiger partial charge < -0.3 is 20.5 Å². The van der Waals surface area contributed by atoms with Crippen LogP contribution in [0.5, 0.6) is 5.75 Å². The maximum atomic E-state index is 15.0. The first-order valence-corrected chi connectivity index (χ1v) is 11.2. The molecule has 1 saturated carbocycles. The highest BCUT2D eigenvalue weighted by Crippen LogP contribution is 2.66. The topological polar surface area (TPSA) is 98.8 Å². The number of ether oxygens (including phenoxy) is 2. The molecule has 13 heteroatoms. The van der Waals surface area contributed by atoms with Crippen molar-refractivity contribution in [1.82, 2.24) is 4.98 Å². The highest BCUT2D eigenvalue weighted by atomic mass is 32.2. The maximum absolute atomic E-state index is 15.0. The Hall–Kier alpha value is -2.93. The van der Waals surface area contributed by atoms with Crippen molar-refractivity contribution in [2.45, 2.75) is 29.8 Å². The number of thioether (sulfide) groups is 1. The van der Waals surface area contributed by atoms with Gasteiger partial charge in [0, 0.05) is 30.3 Å². The molecule has 2 aromatic rings. The normalized spacial score (nSPS) is 25.5. The predicted octanol–water partition coefficient (Wildman–Crippen LogP) is 4.24. The van der Waals surface area contributed by atoms with E-state index in [0.717, 1.165) is 24.4 Å². The monoisotopic (exact) mass is 516 g/mol. The molecule has 4 rings (SSSR count). The van der Waals surface area contributed by atoms with Gasteiger partial charge in [-0.25, -0.2) is 13.8 Å². The van der Waals surface area contributed by atoms with Gasteiger partial charge in [0.15, 0.2) is 23.4 Å². The number of aromatic nitrogens is 1. The summed E-state index contributed by atoms with van der Waals surface area (Å²) in [6, 6.07) is 4.40. The Balaban J connectivity index is 1.56. The van der Waals surface area contributed by atoms with Crippen molar-refractivity contribution >= 4 is 28.5 Å². The number of carbonyl (C=O) groups excluding carboxylic acids is 1. The van der Waals surface area contributed by atoms with Crippen molar-refractivity contribution in [3.05, 3.63) is 53.4 Å². The van der Waals surface area contributed by atoms with Gasteiger partial charge in [0.05, 0.1) is 23.1 Å². The van der Waals surface area contributed by atoms with Crippen molar-refractivity contribution in [2.24, 2.45) is 16.6 Å². The molecule has 0 radical (unpaired) electrons. The minimum atomic E-state index is -4.52. The minimum Gasteiger partial charge on any atom is -0.483 e. The summed E-state index contributed by atoms with van der Waals surface area (Å²) >= 11 is 1.35. The van der Waals surface area contributed by atoms with Crippen LogP contribution in [0, 0.1) is 17.6 Å². The lowest BCUT2D eigenvalue weighted by molar-refractivity contribution is -0.153. The zero-order valence-electron chi connectivity index (χ0n) is 18.6. The predicted molar refractivity (Wildman–Crippen MR) is 119 cm³/mol. The molecule has 0 saturated heterocycles. The zero-order valence-corrected chi connectivity index (χ0v) is 19.4. The van der Waals surface area contributed by atoms with Gasteiger partial charge in [-0.15, -0.1) is 0 Å². The van der Waals surface area contributed by atoms with Gasteiger partial charge in [-0.3, -0.25) is 9.79 Å². The molecule has 3 N–H and O–H groups in total. The Labute approximate surface area is 201 Å². The summed E-state index contributed by atoms with van der Waals surface area (Å²) in [5, 5.41) is 2.66. The first-order chi connectivity index (χ1) is 16.4. The molecular weight excluding hydrogens is 495 g/mol. The number of benzene rings is 1. The molecule has 3 atom stereocenters. The Kier molecular flexibility index (Phi) is 6.43. The van der Waals surface area contributed by atoms with Crippen LogP contribution in [0.1, 0.15) is 29.4 Å². The first-order valence-electron chi connectivity index (χ1n) is 10.4. The SMILES string of the molecule is COC[C@]12C[C@H]1[C@@](C)(c1cc(NC(=O)c3ccc(OCC(F)(F)F)cn3)cc(F)c1F)N=C(N)S2. The van der Waals surface area contributed by atoms with Crippen LogP contribution in [0.3, 0.4) is 0 Å². The number of methoxy groups -OCH3 is 1. The van der Waals surface area contributed by atoms with E-state index in [0.29, 0.717) is 13.0 Å². The first kappa shape index (κ1) is 25.2. The summed E-state index contributed by atoms with van der Waals surface area (Å²) in [6.07, 6.45) is -2.93. The molecule has 1 aromatic heterocycles. The molecule has 0 bridgehead atoms. The molecule has 1 aromatic carbocycles. The second kappa shape index (κ2) is 8.94. The lowest BCUT2D eigenvalue weighted by Gasteiger charge is -2.34. The fourth-order valence-corrected chi connectivity index (χ4v) is 5.77. The number of hydrogen-bond donors (Lipinski definition) is 2. The Morgan fingerprint density at radius 1 is 1.31 bits per heavy atom. The molecule has 1 amide bonds. The van der Waals surface area contributed by atoms with Crippen LogP contribution < -0.4 is 15.8 Å². The highest BCUT2D eigenvalue weighted by Gasteiger charge is 2.66. The lowest BCUT2D eigenvalue weighted by atomic mass is 9.85. The molecule has 1 fully saturated rings. The van der Waals surface area contributed by atoms with Gasteiger partial charge in [0.25, 0.3) is 5.91 Å². The lowest BCUT2D eigenvalue weighted by Crippen LogP contribution is -2.38. The van der Waals surface area contributed by atoms with Crippen LogP contribution in [0.15, 0.2) is 35.5 Å². The van der Waals surface area contributed by atoms with E-state index in [1.807, 2.05) is 0 Å². The van der Waals surface area contributed by atoms with Gasteiger partial charge in [0.2, 0.25) is 0 Å². The number of halogens is 5. The van der Waals surface area contributed by atoms with Gasteiger partial charge in [0.1, 0.15) is 11.4 Å². The van der Waals surface area contributed by atoms with Crippen molar-refractivity contribution in [3.8, 4) is 5.75 Å². The number of nitrogens with zero attached hydrogens (tertiary/aromatic N) is 2. The van der Waals surface area contributed by atoms with Crippen molar-refractivity contribution in [2.75, 3.05) is 25.6 Å². The second-order valence-electron chi connectivity index (χ2n) is 8.51. The molecule has 2 heterocycles. The molecule has 35 heavy (non-hydrogen) atoms. The van der Waals surface area contributed by atoms with Gasteiger partial charge in [-0.05, 0) is 31.5 Å². The minimum absolute atomic E-state index is 0.0469. The van der Waals surface area contributed by atoms with Crippen molar-refractivity contribution < 1.29 is 36.2 Å². The second-order valence-corrected chi connectivity index (χ2v) is 9.95. The number of rotatable bonds is 7. The van der Waals surface area contributed by atoms with Gasteiger partial charge in [-0.2, -0.15) is 13.2 Å².